The SMILES string of the molecule is CCC1CCC2(CC1)NC(=O)N(CC(=O)N1CCc3cc(OC)c(OC)cc3C1)C2=O. The Morgan fingerprint density at radius 2 is 1.77 bits per heavy atom. The number of amides is 4. The molecule has 1 N–H and O–H groups in total. The molecule has 1 aliphatic carbocycles. The van der Waals surface area contributed by atoms with Gasteiger partial charge in [-0.05, 0) is 61.3 Å². The molecule has 0 aromatic heterocycles. The number of hydrogen-bond donors (Lipinski definition) is 1. The lowest BCUT2D eigenvalue weighted by atomic mass is 9.75. The van der Waals surface area contributed by atoms with E-state index in [2.05, 4.69) is 12.2 Å². The molecule has 3 aliphatic rings. The fourth-order valence-corrected chi connectivity index (χ4v) is 5.07. The first-order chi connectivity index (χ1) is 14.9. The Balaban J connectivity index is 1.43. The Morgan fingerprint density at radius 1 is 1.13 bits per heavy atom. The van der Waals surface area contributed by atoms with E-state index in [4.69, 9.17) is 9.47 Å². The minimum atomic E-state index is -0.818. The van der Waals surface area contributed by atoms with Crippen LogP contribution in [0.15, 0.2) is 12.1 Å². The number of carbonyl (C=O) groups is 3. The molecule has 168 valence electrons. The minimum Gasteiger partial charge on any atom is -0.493 e. The van der Waals surface area contributed by atoms with E-state index < -0.39 is 11.6 Å². The molecule has 2 heterocycles. The van der Waals surface area contributed by atoms with Crippen molar-refractivity contribution in [1.82, 2.24) is 15.1 Å². The van der Waals surface area contributed by atoms with Crippen molar-refractivity contribution in [2.75, 3.05) is 27.3 Å². The number of imide groups is 1. The molecule has 2 fully saturated rings. The molecule has 4 rings (SSSR count). The molecule has 0 atom stereocenters. The number of rotatable bonds is 5. The van der Waals surface area contributed by atoms with Gasteiger partial charge in [0.2, 0.25) is 5.91 Å². The molecule has 0 unspecified atom stereocenters. The van der Waals surface area contributed by atoms with Crippen LogP contribution in [0.4, 0.5) is 4.79 Å². The smallest absolute Gasteiger partial charge is 0.325 e. The Labute approximate surface area is 182 Å². The van der Waals surface area contributed by atoms with E-state index in [1.807, 2.05) is 12.1 Å². The van der Waals surface area contributed by atoms with Gasteiger partial charge in [-0.2, -0.15) is 0 Å². The summed E-state index contributed by atoms with van der Waals surface area (Å²) in [5, 5.41) is 2.90. The first kappa shape index (κ1) is 21.5. The molecule has 1 saturated carbocycles. The summed E-state index contributed by atoms with van der Waals surface area (Å²) in [5.74, 6) is 1.43. The second kappa shape index (κ2) is 8.40. The van der Waals surface area contributed by atoms with Crippen molar-refractivity contribution in [2.45, 2.75) is 57.5 Å². The minimum absolute atomic E-state index is 0.216. The van der Waals surface area contributed by atoms with Crippen molar-refractivity contribution in [3.63, 3.8) is 0 Å². The number of urea groups is 1. The van der Waals surface area contributed by atoms with Crippen LogP contribution in [0.25, 0.3) is 0 Å². The van der Waals surface area contributed by atoms with Crippen LogP contribution in [0.2, 0.25) is 0 Å². The van der Waals surface area contributed by atoms with Gasteiger partial charge in [-0.15, -0.1) is 0 Å². The van der Waals surface area contributed by atoms with Crippen LogP contribution < -0.4 is 14.8 Å². The van der Waals surface area contributed by atoms with Crippen LogP contribution in [0.5, 0.6) is 11.5 Å². The lowest BCUT2D eigenvalue weighted by molar-refractivity contribution is -0.140. The first-order valence-electron chi connectivity index (χ1n) is 11.1. The zero-order valence-electron chi connectivity index (χ0n) is 18.5. The molecule has 1 aromatic rings. The third kappa shape index (κ3) is 3.83. The molecular weight excluding hydrogens is 398 g/mol. The molecular formula is C23H31N3O5. The quantitative estimate of drug-likeness (QED) is 0.727. The van der Waals surface area contributed by atoms with E-state index in [1.165, 1.54) is 0 Å². The Bertz CT molecular complexity index is 891. The fraction of sp³-hybridized carbons (Fsp3) is 0.609. The predicted octanol–water partition coefficient (Wildman–Crippen LogP) is 2.48. The number of nitrogens with zero attached hydrogens (tertiary/aromatic N) is 2. The third-order valence-electron chi connectivity index (χ3n) is 7.15. The molecule has 1 aromatic carbocycles. The molecule has 4 amide bonds. The standard InChI is InChI=1S/C23H31N3O5/c1-4-15-5-8-23(9-6-15)21(28)26(22(29)24-23)14-20(27)25-10-7-16-11-18(30-2)19(31-3)12-17(16)13-25/h11-12,15H,4-10,13-14H2,1-3H3,(H,24,29). The van der Waals surface area contributed by atoms with Crippen molar-refractivity contribution in [3.8, 4) is 11.5 Å². The number of nitrogens with one attached hydrogen (secondary N) is 1. The summed E-state index contributed by atoms with van der Waals surface area (Å²) >= 11 is 0. The highest BCUT2D eigenvalue weighted by Gasteiger charge is 2.52. The van der Waals surface area contributed by atoms with Gasteiger partial charge in [-0.1, -0.05) is 13.3 Å². The molecule has 8 nitrogen and oxygen atoms in total. The van der Waals surface area contributed by atoms with Crippen molar-refractivity contribution >= 4 is 17.8 Å². The monoisotopic (exact) mass is 429 g/mol. The maximum atomic E-state index is 13.1. The van der Waals surface area contributed by atoms with Crippen molar-refractivity contribution in [1.29, 1.82) is 0 Å². The van der Waals surface area contributed by atoms with Gasteiger partial charge in [0, 0.05) is 13.1 Å². The number of hydrogen-bond acceptors (Lipinski definition) is 5. The topological polar surface area (TPSA) is 88.2 Å². The molecule has 1 saturated heterocycles. The molecule has 2 aliphatic heterocycles. The largest absolute Gasteiger partial charge is 0.493 e. The van der Waals surface area contributed by atoms with Gasteiger partial charge in [0.15, 0.2) is 11.5 Å². The van der Waals surface area contributed by atoms with Gasteiger partial charge in [-0.3, -0.25) is 14.5 Å². The zero-order chi connectivity index (χ0) is 22.2. The molecule has 8 heteroatoms. The maximum Gasteiger partial charge on any atom is 0.325 e. The lowest BCUT2D eigenvalue weighted by Gasteiger charge is -2.34. The lowest BCUT2D eigenvalue weighted by Crippen LogP contribution is -2.50. The molecule has 0 radical (unpaired) electrons. The third-order valence-corrected chi connectivity index (χ3v) is 7.15. The summed E-state index contributed by atoms with van der Waals surface area (Å²) in [5.41, 5.74) is 1.29. The van der Waals surface area contributed by atoms with Gasteiger partial charge >= 0.3 is 6.03 Å². The van der Waals surface area contributed by atoms with Gasteiger partial charge in [0.05, 0.1) is 14.2 Å². The van der Waals surface area contributed by atoms with E-state index in [9.17, 15) is 14.4 Å². The average molecular weight is 430 g/mol. The molecule has 31 heavy (non-hydrogen) atoms. The average Bonchev–Trinajstić information content (AvgIpc) is 3.02. The summed E-state index contributed by atoms with van der Waals surface area (Å²) in [6.07, 6.45) is 4.94. The summed E-state index contributed by atoms with van der Waals surface area (Å²) < 4.78 is 10.7. The van der Waals surface area contributed by atoms with Gasteiger partial charge in [0.25, 0.3) is 5.91 Å². The number of benzene rings is 1. The van der Waals surface area contributed by atoms with Crippen molar-refractivity contribution in [2.24, 2.45) is 5.92 Å². The summed E-state index contributed by atoms with van der Waals surface area (Å²) in [7, 11) is 3.18. The van der Waals surface area contributed by atoms with Crippen LogP contribution in [-0.4, -0.2) is 60.5 Å². The summed E-state index contributed by atoms with van der Waals surface area (Å²) in [4.78, 5) is 41.5. The van der Waals surface area contributed by atoms with E-state index in [1.54, 1.807) is 19.1 Å². The molecule has 0 bridgehead atoms. The predicted molar refractivity (Wildman–Crippen MR) is 114 cm³/mol. The van der Waals surface area contributed by atoms with Gasteiger partial charge in [0.1, 0.15) is 12.1 Å². The highest BCUT2D eigenvalue weighted by Crippen LogP contribution is 2.38. The second-order valence-electron chi connectivity index (χ2n) is 8.80. The summed E-state index contributed by atoms with van der Waals surface area (Å²) in [6, 6.07) is 3.39. The second-order valence-corrected chi connectivity index (χ2v) is 8.80. The van der Waals surface area contributed by atoms with E-state index in [0.717, 1.165) is 35.3 Å². The number of fused-ring (bicyclic) bond motifs is 1. The van der Waals surface area contributed by atoms with Gasteiger partial charge < -0.3 is 19.7 Å². The Hall–Kier alpha value is -2.77. The van der Waals surface area contributed by atoms with Crippen LogP contribution in [0.1, 0.15) is 50.2 Å². The van der Waals surface area contributed by atoms with Crippen LogP contribution in [0, 0.1) is 5.92 Å². The van der Waals surface area contributed by atoms with Crippen LogP contribution in [0.3, 0.4) is 0 Å². The highest BCUT2D eigenvalue weighted by atomic mass is 16.5. The Kier molecular flexibility index (Phi) is 5.81. The highest BCUT2D eigenvalue weighted by molar-refractivity contribution is 6.09. The van der Waals surface area contributed by atoms with Crippen molar-refractivity contribution in [3.05, 3.63) is 23.3 Å². The Morgan fingerprint density at radius 3 is 2.39 bits per heavy atom. The molecule has 1 spiro atoms. The maximum absolute atomic E-state index is 13.1. The normalized spacial score (nSPS) is 25.5. The van der Waals surface area contributed by atoms with Crippen LogP contribution >= 0.6 is 0 Å². The first-order valence-corrected chi connectivity index (χ1v) is 11.1. The van der Waals surface area contributed by atoms with Crippen molar-refractivity contribution < 1.29 is 23.9 Å². The summed E-state index contributed by atoms with van der Waals surface area (Å²) in [6.45, 7) is 2.90. The fourth-order valence-electron chi connectivity index (χ4n) is 5.07. The van der Waals surface area contributed by atoms with E-state index >= 15 is 0 Å². The number of ether oxygens (including phenoxy) is 2. The van der Waals surface area contributed by atoms with Crippen LogP contribution in [-0.2, 0) is 22.6 Å². The number of carbonyl (C=O) groups excluding carboxylic acids is 3. The van der Waals surface area contributed by atoms with E-state index in [-0.39, 0.29) is 18.4 Å². The van der Waals surface area contributed by atoms with E-state index in [0.29, 0.717) is 49.8 Å². The number of methoxy groups -OCH3 is 2. The van der Waals surface area contributed by atoms with Gasteiger partial charge in [-0.25, -0.2) is 4.79 Å². The zero-order valence-corrected chi connectivity index (χ0v) is 18.5.